The fourth-order valence-electron chi connectivity index (χ4n) is 2.32. The molecule has 0 saturated heterocycles. The van der Waals surface area contributed by atoms with Crippen LogP contribution in [0.25, 0.3) is 0 Å². The minimum absolute atomic E-state index is 0.0957. The van der Waals surface area contributed by atoms with Crippen molar-refractivity contribution in [1.82, 2.24) is 10.6 Å². The van der Waals surface area contributed by atoms with Crippen molar-refractivity contribution in [3.8, 4) is 0 Å². The molecule has 4 amide bonds. The number of benzene rings is 2. The first-order valence-electron chi connectivity index (χ1n) is 8.06. The third kappa shape index (κ3) is 5.86. The molecule has 5 N–H and O–H groups in total. The highest BCUT2D eigenvalue weighted by Gasteiger charge is 2.26. The Labute approximate surface area is 154 Å². The molecule has 0 unspecified atom stereocenters. The maximum atomic E-state index is 13.2. The zero-order chi connectivity index (χ0) is 19.8. The van der Waals surface area contributed by atoms with E-state index in [9.17, 15) is 23.2 Å². The van der Waals surface area contributed by atoms with Gasteiger partial charge in [-0.1, -0.05) is 30.3 Å². The van der Waals surface area contributed by atoms with E-state index in [-0.39, 0.29) is 12.2 Å². The fraction of sp³-hybridized carbons (Fsp3) is 0.167. The van der Waals surface area contributed by atoms with Crippen LogP contribution in [-0.4, -0.2) is 31.4 Å². The van der Waals surface area contributed by atoms with E-state index in [4.69, 9.17) is 0 Å². The van der Waals surface area contributed by atoms with Crippen molar-refractivity contribution in [3.63, 3.8) is 0 Å². The number of nitrogens with two attached hydrogens (primary N) is 1. The van der Waals surface area contributed by atoms with Gasteiger partial charge in [-0.05, 0) is 12.1 Å². The molecular formula is C18H19F2N4O3+. The van der Waals surface area contributed by atoms with Gasteiger partial charge in [0.25, 0.3) is 11.8 Å². The Morgan fingerprint density at radius 2 is 1.74 bits per heavy atom. The summed E-state index contributed by atoms with van der Waals surface area (Å²) in [6, 6.07) is 10.1. The number of nitrogens with one attached hydrogen (secondary N) is 3. The van der Waals surface area contributed by atoms with Crippen LogP contribution in [0.1, 0.15) is 11.6 Å². The number of rotatable bonds is 6. The molecule has 142 valence electrons. The van der Waals surface area contributed by atoms with Crippen LogP contribution in [0.2, 0.25) is 0 Å². The van der Waals surface area contributed by atoms with Gasteiger partial charge in [0.05, 0.1) is 0 Å². The second kappa shape index (κ2) is 9.39. The summed E-state index contributed by atoms with van der Waals surface area (Å²) in [7, 11) is 1.37. The van der Waals surface area contributed by atoms with Crippen LogP contribution in [0.5, 0.6) is 0 Å². The van der Waals surface area contributed by atoms with E-state index < -0.39 is 35.5 Å². The fourth-order valence-corrected chi connectivity index (χ4v) is 2.32. The Morgan fingerprint density at radius 3 is 2.37 bits per heavy atom. The zero-order valence-electron chi connectivity index (χ0n) is 14.5. The Morgan fingerprint density at radius 1 is 1.04 bits per heavy atom. The molecule has 0 aliphatic rings. The lowest BCUT2D eigenvalue weighted by Gasteiger charge is -2.15. The van der Waals surface area contributed by atoms with Crippen LogP contribution >= 0.6 is 0 Å². The molecule has 0 aliphatic heterocycles. The van der Waals surface area contributed by atoms with Crippen LogP contribution in [0.3, 0.4) is 0 Å². The number of amides is 4. The molecule has 0 aliphatic carbocycles. The highest BCUT2D eigenvalue weighted by molar-refractivity contribution is 5.97. The summed E-state index contributed by atoms with van der Waals surface area (Å²) >= 11 is 0. The number of imide groups is 1. The van der Waals surface area contributed by atoms with Gasteiger partial charge in [-0.2, -0.15) is 0 Å². The summed E-state index contributed by atoms with van der Waals surface area (Å²) in [6.45, 7) is -0.181. The molecule has 0 radical (unpaired) electrons. The molecule has 0 spiro atoms. The van der Waals surface area contributed by atoms with E-state index in [1.165, 1.54) is 18.4 Å². The molecule has 27 heavy (non-hydrogen) atoms. The Hall–Kier alpha value is -3.33. The Balaban J connectivity index is 2.04. The number of carbonyl (C=O) groups is 3. The summed E-state index contributed by atoms with van der Waals surface area (Å²) in [4.78, 5) is 35.8. The van der Waals surface area contributed by atoms with Crippen molar-refractivity contribution in [2.24, 2.45) is 0 Å². The van der Waals surface area contributed by atoms with E-state index >= 15 is 0 Å². The van der Waals surface area contributed by atoms with Crippen molar-refractivity contribution in [1.29, 1.82) is 0 Å². The quantitative estimate of drug-likeness (QED) is 0.595. The van der Waals surface area contributed by atoms with Crippen molar-refractivity contribution >= 4 is 23.5 Å². The van der Waals surface area contributed by atoms with Crippen molar-refractivity contribution in [2.75, 3.05) is 18.9 Å². The number of hydrogen-bond donors (Lipinski definition) is 4. The predicted molar refractivity (Wildman–Crippen MR) is 93.6 cm³/mol. The van der Waals surface area contributed by atoms with E-state index in [1.54, 1.807) is 30.3 Å². The molecule has 2 rings (SSSR count). The topological polar surface area (TPSA) is 104 Å². The third-order valence-electron chi connectivity index (χ3n) is 3.65. The number of hydrogen-bond acceptors (Lipinski definition) is 3. The Kier molecular flexibility index (Phi) is 6.95. The van der Waals surface area contributed by atoms with Gasteiger partial charge in [0, 0.05) is 24.4 Å². The van der Waals surface area contributed by atoms with Crippen LogP contribution in [0.4, 0.5) is 19.3 Å². The Bertz CT molecular complexity index is 831. The van der Waals surface area contributed by atoms with Crippen LogP contribution in [0, 0.1) is 11.6 Å². The summed E-state index contributed by atoms with van der Waals surface area (Å²) in [5.41, 5.74) is 0.693. The summed E-state index contributed by atoms with van der Waals surface area (Å²) < 4.78 is 26.1. The maximum absolute atomic E-state index is 13.2. The molecular weight excluding hydrogens is 358 g/mol. The standard InChI is InChI=1S/C18H18F2N4O3/c1-21-18(27)24-17(26)16(11-5-3-2-4-6-11)22-10-15(25)23-12-7-8-13(19)14(20)9-12/h2-9,16,22H,10H2,1H3,(H,23,25)(H2,21,24,26,27)/p+1/t16-/m0/s1. The lowest BCUT2D eigenvalue weighted by Crippen LogP contribution is -2.89. The van der Waals surface area contributed by atoms with Crippen LogP contribution < -0.4 is 21.3 Å². The van der Waals surface area contributed by atoms with Crippen LogP contribution in [-0.2, 0) is 9.59 Å². The molecule has 1 atom stereocenters. The number of halogens is 2. The van der Waals surface area contributed by atoms with Gasteiger partial charge in [-0.25, -0.2) is 13.6 Å². The molecule has 2 aromatic carbocycles. The average molecular weight is 377 g/mol. The summed E-state index contributed by atoms with van der Waals surface area (Å²) in [6.07, 6.45) is 0. The van der Waals surface area contributed by atoms with Gasteiger partial charge in [0.2, 0.25) is 0 Å². The summed E-state index contributed by atoms with van der Waals surface area (Å²) in [5, 5.41) is 8.30. The van der Waals surface area contributed by atoms with Gasteiger partial charge in [0.15, 0.2) is 24.2 Å². The number of carbonyl (C=O) groups excluding carboxylic acids is 3. The van der Waals surface area contributed by atoms with Gasteiger partial charge in [-0.3, -0.25) is 14.9 Å². The largest absolute Gasteiger partial charge is 0.341 e. The minimum Gasteiger partial charge on any atom is -0.341 e. The normalized spacial score (nSPS) is 11.4. The first-order chi connectivity index (χ1) is 12.9. The van der Waals surface area contributed by atoms with Crippen LogP contribution in [0.15, 0.2) is 48.5 Å². The smallest absolute Gasteiger partial charge is 0.321 e. The second-order valence-electron chi connectivity index (χ2n) is 5.57. The SMILES string of the molecule is CNC(=O)NC(=O)[C@@H]([NH2+]CC(=O)Nc1ccc(F)c(F)c1)c1ccccc1. The lowest BCUT2D eigenvalue weighted by molar-refractivity contribution is -0.672. The molecule has 2 aromatic rings. The number of urea groups is 1. The maximum Gasteiger partial charge on any atom is 0.321 e. The van der Waals surface area contributed by atoms with Gasteiger partial charge >= 0.3 is 6.03 Å². The molecule has 0 saturated carbocycles. The van der Waals surface area contributed by atoms with Crippen molar-refractivity contribution < 1.29 is 28.5 Å². The van der Waals surface area contributed by atoms with E-state index in [1.807, 2.05) is 0 Å². The average Bonchev–Trinajstić information content (AvgIpc) is 2.65. The van der Waals surface area contributed by atoms with Gasteiger partial charge in [0.1, 0.15) is 0 Å². The first-order valence-corrected chi connectivity index (χ1v) is 8.06. The molecule has 0 bridgehead atoms. The first kappa shape index (κ1) is 20.0. The van der Waals surface area contributed by atoms with Gasteiger partial charge < -0.3 is 16.0 Å². The number of quaternary nitrogens is 1. The monoisotopic (exact) mass is 377 g/mol. The molecule has 9 heteroatoms. The van der Waals surface area contributed by atoms with Crippen molar-refractivity contribution in [2.45, 2.75) is 6.04 Å². The predicted octanol–water partition coefficient (Wildman–Crippen LogP) is 0.664. The lowest BCUT2D eigenvalue weighted by atomic mass is 10.1. The molecule has 0 fully saturated rings. The van der Waals surface area contributed by atoms with Gasteiger partial charge in [-0.15, -0.1) is 0 Å². The van der Waals surface area contributed by atoms with Crippen molar-refractivity contribution in [3.05, 3.63) is 65.7 Å². The highest BCUT2D eigenvalue weighted by Crippen LogP contribution is 2.13. The zero-order valence-corrected chi connectivity index (χ0v) is 14.5. The molecule has 0 aromatic heterocycles. The van der Waals surface area contributed by atoms with E-state index in [0.29, 0.717) is 5.56 Å². The number of anilines is 1. The van der Waals surface area contributed by atoms with E-state index in [2.05, 4.69) is 16.0 Å². The second-order valence-corrected chi connectivity index (χ2v) is 5.57. The molecule has 7 nitrogen and oxygen atoms in total. The molecule has 0 heterocycles. The highest BCUT2D eigenvalue weighted by atomic mass is 19.2. The minimum atomic E-state index is -1.08. The van der Waals surface area contributed by atoms with E-state index in [0.717, 1.165) is 12.1 Å². The third-order valence-corrected chi connectivity index (χ3v) is 3.65. The summed E-state index contributed by atoms with van der Waals surface area (Å²) in [5.74, 6) is -3.21.